The summed E-state index contributed by atoms with van der Waals surface area (Å²) in [7, 11) is 0. The van der Waals surface area contributed by atoms with Gasteiger partial charge >= 0.3 is 0 Å². The van der Waals surface area contributed by atoms with Crippen LogP contribution in [0.3, 0.4) is 0 Å². The van der Waals surface area contributed by atoms with Gasteiger partial charge in [-0.2, -0.15) is 0 Å². The van der Waals surface area contributed by atoms with Crippen LogP contribution < -0.4 is 0 Å². The van der Waals surface area contributed by atoms with E-state index in [0.717, 1.165) is 28.3 Å². The zero-order valence-electron chi connectivity index (χ0n) is 14.6. The van der Waals surface area contributed by atoms with Gasteiger partial charge in [0.2, 0.25) is 0 Å². The molecular formula is C23H23FS. The summed E-state index contributed by atoms with van der Waals surface area (Å²) in [5.74, 6) is 0.585. The van der Waals surface area contributed by atoms with E-state index in [1.165, 1.54) is 36.1 Å². The maximum atomic E-state index is 14.7. The van der Waals surface area contributed by atoms with E-state index in [4.69, 9.17) is 0 Å². The van der Waals surface area contributed by atoms with Gasteiger partial charge in [-0.1, -0.05) is 50.1 Å². The third-order valence-electron chi connectivity index (χ3n) is 5.32. The first kappa shape index (κ1) is 16.5. The molecule has 4 rings (SSSR count). The molecule has 2 aromatic carbocycles. The van der Waals surface area contributed by atoms with Crippen molar-refractivity contribution in [3.8, 4) is 21.6 Å². The first-order valence-electron chi connectivity index (χ1n) is 9.23. The highest BCUT2D eigenvalue weighted by Crippen LogP contribution is 2.36. The molecule has 0 atom stereocenters. The van der Waals surface area contributed by atoms with Gasteiger partial charge in [0, 0.05) is 15.3 Å². The first-order valence-corrected chi connectivity index (χ1v) is 10.0. The molecule has 1 aromatic heterocycles. The fourth-order valence-electron chi connectivity index (χ4n) is 3.81. The van der Waals surface area contributed by atoms with E-state index in [1.807, 2.05) is 18.2 Å². The van der Waals surface area contributed by atoms with Crippen LogP contribution in [0.25, 0.3) is 21.6 Å². The van der Waals surface area contributed by atoms with Crippen molar-refractivity contribution in [2.45, 2.75) is 44.9 Å². The van der Waals surface area contributed by atoms with Gasteiger partial charge in [0.05, 0.1) is 0 Å². The second-order valence-electron chi connectivity index (χ2n) is 6.92. The Labute approximate surface area is 153 Å². The monoisotopic (exact) mass is 350 g/mol. The number of hydrogen-bond donors (Lipinski definition) is 0. The van der Waals surface area contributed by atoms with Gasteiger partial charge in [-0.15, -0.1) is 11.3 Å². The molecule has 0 aliphatic heterocycles. The van der Waals surface area contributed by atoms with Crippen molar-refractivity contribution in [2.24, 2.45) is 0 Å². The molecule has 1 saturated carbocycles. The fraction of sp³-hybridized carbons (Fsp3) is 0.304. The first-order chi connectivity index (χ1) is 12.2. The Morgan fingerprint density at radius 1 is 0.920 bits per heavy atom. The Balaban J connectivity index is 1.59. The summed E-state index contributed by atoms with van der Waals surface area (Å²) in [5.41, 5.74) is 4.18. The lowest BCUT2D eigenvalue weighted by Gasteiger charge is -2.11. The summed E-state index contributed by atoms with van der Waals surface area (Å²) in [6.07, 6.45) is 6.31. The van der Waals surface area contributed by atoms with E-state index in [1.54, 1.807) is 17.4 Å². The fourth-order valence-corrected chi connectivity index (χ4v) is 4.79. The summed E-state index contributed by atoms with van der Waals surface area (Å²) in [5, 5.41) is 0. The highest BCUT2D eigenvalue weighted by atomic mass is 32.1. The molecule has 0 amide bonds. The van der Waals surface area contributed by atoms with Gasteiger partial charge in [0.1, 0.15) is 5.82 Å². The summed E-state index contributed by atoms with van der Waals surface area (Å²) in [6, 6.07) is 18.5. The van der Waals surface area contributed by atoms with Crippen LogP contribution in [0.5, 0.6) is 0 Å². The Morgan fingerprint density at radius 2 is 1.64 bits per heavy atom. The molecule has 0 saturated heterocycles. The second kappa shape index (κ2) is 7.13. The molecule has 0 spiro atoms. The van der Waals surface area contributed by atoms with Crippen molar-refractivity contribution < 1.29 is 4.39 Å². The van der Waals surface area contributed by atoms with Crippen LogP contribution in [0.1, 0.15) is 49.0 Å². The second-order valence-corrected chi connectivity index (χ2v) is 8.09. The van der Waals surface area contributed by atoms with E-state index >= 15 is 0 Å². The molecule has 25 heavy (non-hydrogen) atoms. The van der Waals surface area contributed by atoms with Gasteiger partial charge in [-0.3, -0.25) is 0 Å². The highest BCUT2D eigenvalue weighted by Gasteiger charge is 2.17. The number of halogens is 1. The lowest BCUT2D eigenvalue weighted by Crippen LogP contribution is -1.92. The Bertz CT molecular complexity index is 854. The molecule has 1 aliphatic carbocycles. The number of aryl methyl sites for hydroxylation is 1. The van der Waals surface area contributed by atoms with Gasteiger partial charge in [-0.25, -0.2) is 4.39 Å². The summed E-state index contributed by atoms with van der Waals surface area (Å²) < 4.78 is 14.7. The molecule has 1 fully saturated rings. The van der Waals surface area contributed by atoms with Crippen molar-refractivity contribution in [3.05, 3.63) is 70.9 Å². The van der Waals surface area contributed by atoms with E-state index < -0.39 is 0 Å². The molecule has 0 radical (unpaired) electrons. The third-order valence-corrected chi connectivity index (χ3v) is 6.58. The van der Waals surface area contributed by atoms with Crippen molar-refractivity contribution in [1.82, 2.24) is 0 Å². The average molecular weight is 351 g/mol. The molecular weight excluding hydrogens is 327 g/mol. The lowest BCUT2D eigenvalue weighted by molar-refractivity contribution is 0.632. The van der Waals surface area contributed by atoms with Gasteiger partial charge in [0.15, 0.2) is 0 Å². The molecule has 0 nitrogen and oxygen atoms in total. The zero-order chi connectivity index (χ0) is 17.2. The van der Waals surface area contributed by atoms with E-state index in [0.29, 0.717) is 5.56 Å². The molecule has 0 bridgehead atoms. The van der Waals surface area contributed by atoms with Crippen molar-refractivity contribution in [3.63, 3.8) is 0 Å². The minimum Gasteiger partial charge on any atom is -0.206 e. The van der Waals surface area contributed by atoms with E-state index in [9.17, 15) is 4.39 Å². The van der Waals surface area contributed by atoms with E-state index in [-0.39, 0.29) is 5.82 Å². The SMILES string of the molecule is CCc1ccc(-c2ccc(-c3ccc(C4CCCC4)cc3)cc2F)s1. The van der Waals surface area contributed by atoms with Crippen molar-refractivity contribution >= 4 is 11.3 Å². The topological polar surface area (TPSA) is 0 Å². The summed E-state index contributed by atoms with van der Waals surface area (Å²) in [4.78, 5) is 2.30. The Kier molecular flexibility index (Phi) is 4.72. The molecule has 3 aromatic rings. The summed E-state index contributed by atoms with van der Waals surface area (Å²) >= 11 is 1.68. The largest absolute Gasteiger partial charge is 0.206 e. The predicted octanol–water partition coefficient (Wildman–Crippen LogP) is 7.44. The van der Waals surface area contributed by atoms with Crippen LogP contribution in [0.2, 0.25) is 0 Å². The number of rotatable bonds is 4. The van der Waals surface area contributed by atoms with Crippen LogP contribution in [-0.2, 0) is 6.42 Å². The molecule has 1 aliphatic rings. The number of benzene rings is 2. The predicted molar refractivity (Wildman–Crippen MR) is 106 cm³/mol. The maximum Gasteiger partial charge on any atom is 0.132 e. The average Bonchev–Trinajstić information content (AvgIpc) is 3.33. The zero-order valence-corrected chi connectivity index (χ0v) is 15.4. The van der Waals surface area contributed by atoms with Gasteiger partial charge in [-0.05, 0) is 66.1 Å². The van der Waals surface area contributed by atoms with E-state index in [2.05, 4.69) is 37.3 Å². The Hall–Kier alpha value is -1.93. The number of hydrogen-bond acceptors (Lipinski definition) is 1. The molecule has 0 N–H and O–H groups in total. The van der Waals surface area contributed by atoms with Crippen molar-refractivity contribution in [2.75, 3.05) is 0 Å². The van der Waals surface area contributed by atoms with Crippen LogP contribution >= 0.6 is 11.3 Å². The normalized spacial score (nSPS) is 15.0. The molecule has 128 valence electrons. The summed E-state index contributed by atoms with van der Waals surface area (Å²) in [6.45, 7) is 2.13. The van der Waals surface area contributed by atoms with Crippen LogP contribution in [0, 0.1) is 5.82 Å². The maximum absolute atomic E-state index is 14.7. The van der Waals surface area contributed by atoms with Gasteiger partial charge < -0.3 is 0 Å². The third kappa shape index (κ3) is 3.41. The van der Waals surface area contributed by atoms with Gasteiger partial charge in [0.25, 0.3) is 0 Å². The minimum absolute atomic E-state index is 0.137. The van der Waals surface area contributed by atoms with Crippen LogP contribution in [0.4, 0.5) is 4.39 Å². The number of thiophene rings is 1. The van der Waals surface area contributed by atoms with Crippen molar-refractivity contribution in [1.29, 1.82) is 0 Å². The quantitative estimate of drug-likeness (QED) is 0.458. The minimum atomic E-state index is -0.137. The molecule has 2 heteroatoms. The smallest absolute Gasteiger partial charge is 0.132 e. The highest BCUT2D eigenvalue weighted by molar-refractivity contribution is 7.15. The standard InChI is InChI=1S/C23H23FS/c1-2-20-12-14-23(25-20)21-13-11-19(15-22(21)24)18-9-7-17(8-10-18)16-5-3-4-6-16/h7-16H,2-6H2,1H3. The molecule has 0 unspecified atom stereocenters. The van der Waals surface area contributed by atoms with Crippen LogP contribution in [-0.4, -0.2) is 0 Å². The Morgan fingerprint density at radius 3 is 2.28 bits per heavy atom. The lowest BCUT2D eigenvalue weighted by atomic mass is 9.95. The molecule has 1 heterocycles. The van der Waals surface area contributed by atoms with Crippen LogP contribution in [0.15, 0.2) is 54.6 Å².